The molecule has 2 atom stereocenters. The molecule has 2 unspecified atom stereocenters. The van der Waals surface area contributed by atoms with Gasteiger partial charge in [-0.25, -0.2) is 27.5 Å². The molecule has 1 aromatic rings. The molecule has 0 saturated heterocycles. The van der Waals surface area contributed by atoms with Gasteiger partial charge in [-0.1, -0.05) is 0 Å². The predicted molar refractivity (Wildman–Crippen MR) is 45.1 cm³/mol. The first-order chi connectivity index (χ1) is 7.04. The Hall–Kier alpha value is -1.53. The minimum atomic E-state index is -2.19. The van der Waals surface area contributed by atoms with Crippen LogP contribution in [0.1, 0.15) is 5.69 Å². The van der Waals surface area contributed by atoms with Crippen LogP contribution in [0, 0.1) is 0 Å². The van der Waals surface area contributed by atoms with Gasteiger partial charge in [0.1, 0.15) is 19.2 Å². The number of hydrogen-bond donors (Lipinski definition) is 1. The van der Waals surface area contributed by atoms with Crippen molar-refractivity contribution < 1.29 is 23.1 Å². The SMILES string of the molecule is O=C(O)n1cnc(CC(F)C(F)CF)c1. The third-order valence-corrected chi connectivity index (χ3v) is 1.80. The Balaban J connectivity index is 2.61. The molecule has 0 spiro atoms. The van der Waals surface area contributed by atoms with Crippen molar-refractivity contribution in [3.05, 3.63) is 18.2 Å². The lowest BCUT2D eigenvalue weighted by atomic mass is 10.1. The molecule has 0 bridgehead atoms. The Kier molecular flexibility index (Phi) is 3.70. The van der Waals surface area contributed by atoms with Crippen LogP contribution in [0.5, 0.6) is 0 Å². The zero-order valence-electron chi connectivity index (χ0n) is 7.61. The van der Waals surface area contributed by atoms with Crippen molar-refractivity contribution in [1.29, 1.82) is 0 Å². The molecule has 1 N–H and O–H groups in total. The van der Waals surface area contributed by atoms with E-state index in [1.54, 1.807) is 0 Å². The van der Waals surface area contributed by atoms with Crippen LogP contribution in [-0.4, -0.2) is 39.8 Å². The molecule has 0 saturated carbocycles. The summed E-state index contributed by atoms with van der Waals surface area (Å²) in [7, 11) is 0. The van der Waals surface area contributed by atoms with Gasteiger partial charge in [0, 0.05) is 12.6 Å². The monoisotopic (exact) mass is 222 g/mol. The molecule has 0 radical (unpaired) electrons. The molecule has 1 rings (SSSR count). The second-order valence-corrected chi connectivity index (χ2v) is 2.95. The lowest BCUT2D eigenvalue weighted by Gasteiger charge is -2.07. The number of alkyl halides is 3. The summed E-state index contributed by atoms with van der Waals surface area (Å²) in [6.07, 6.45) is -3.89. The molecular weight excluding hydrogens is 213 g/mol. The molecule has 0 aliphatic heterocycles. The van der Waals surface area contributed by atoms with E-state index in [4.69, 9.17) is 5.11 Å². The molecule has 0 aliphatic carbocycles. The molecular formula is C8H9F3N2O2. The molecule has 0 aliphatic rings. The van der Waals surface area contributed by atoms with Gasteiger partial charge in [-0.05, 0) is 0 Å². The fourth-order valence-corrected chi connectivity index (χ4v) is 0.998. The number of hydrogen-bond acceptors (Lipinski definition) is 2. The van der Waals surface area contributed by atoms with E-state index in [-0.39, 0.29) is 5.69 Å². The maximum atomic E-state index is 12.9. The lowest BCUT2D eigenvalue weighted by Crippen LogP contribution is -2.21. The van der Waals surface area contributed by atoms with Gasteiger partial charge in [-0.15, -0.1) is 0 Å². The van der Waals surface area contributed by atoms with Crippen LogP contribution < -0.4 is 0 Å². The third kappa shape index (κ3) is 2.97. The standard InChI is InChI=1S/C8H9F3N2O2/c9-2-7(11)6(10)1-5-3-13(4-12-5)8(14)15/h3-4,6-7H,1-2H2,(H,14,15). The molecule has 15 heavy (non-hydrogen) atoms. The van der Waals surface area contributed by atoms with E-state index >= 15 is 0 Å². The summed E-state index contributed by atoms with van der Waals surface area (Å²) in [6, 6.07) is 0. The van der Waals surface area contributed by atoms with Crippen molar-refractivity contribution in [1.82, 2.24) is 9.55 Å². The highest BCUT2D eigenvalue weighted by Gasteiger charge is 2.21. The molecule has 7 heteroatoms. The van der Waals surface area contributed by atoms with E-state index in [1.165, 1.54) is 0 Å². The van der Waals surface area contributed by atoms with Crippen molar-refractivity contribution in [2.24, 2.45) is 0 Å². The normalized spacial score (nSPS) is 14.9. The average Bonchev–Trinajstić information content (AvgIpc) is 2.65. The first-order valence-electron chi connectivity index (χ1n) is 4.15. The largest absolute Gasteiger partial charge is 0.464 e. The quantitative estimate of drug-likeness (QED) is 0.841. The smallest absolute Gasteiger partial charge is 0.416 e. The number of carboxylic acid groups (broad SMARTS) is 1. The second kappa shape index (κ2) is 4.81. The van der Waals surface area contributed by atoms with E-state index in [0.29, 0.717) is 4.57 Å². The van der Waals surface area contributed by atoms with Gasteiger partial charge in [0.2, 0.25) is 0 Å². The summed E-state index contributed by atoms with van der Waals surface area (Å²) < 4.78 is 37.8. The summed E-state index contributed by atoms with van der Waals surface area (Å²) >= 11 is 0. The second-order valence-electron chi connectivity index (χ2n) is 2.95. The molecule has 0 fully saturated rings. The van der Waals surface area contributed by atoms with Crippen molar-refractivity contribution in [2.75, 3.05) is 6.67 Å². The van der Waals surface area contributed by atoms with Crippen LogP contribution in [0.2, 0.25) is 0 Å². The van der Waals surface area contributed by atoms with Gasteiger partial charge in [0.15, 0.2) is 6.17 Å². The lowest BCUT2D eigenvalue weighted by molar-refractivity contribution is 0.136. The van der Waals surface area contributed by atoms with E-state index in [9.17, 15) is 18.0 Å². The van der Waals surface area contributed by atoms with Crippen LogP contribution in [0.4, 0.5) is 18.0 Å². The molecule has 4 nitrogen and oxygen atoms in total. The Morgan fingerprint density at radius 2 is 2.20 bits per heavy atom. The van der Waals surface area contributed by atoms with E-state index < -0.39 is 31.5 Å². The van der Waals surface area contributed by atoms with E-state index in [2.05, 4.69) is 4.98 Å². The van der Waals surface area contributed by atoms with Crippen molar-refractivity contribution >= 4 is 6.09 Å². The first kappa shape index (κ1) is 11.5. The van der Waals surface area contributed by atoms with Gasteiger partial charge < -0.3 is 5.11 Å². The maximum absolute atomic E-state index is 12.9. The summed E-state index contributed by atoms with van der Waals surface area (Å²) in [5, 5.41) is 8.48. The van der Waals surface area contributed by atoms with Gasteiger partial charge in [-0.3, -0.25) is 0 Å². The zero-order chi connectivity index (χ0) is 11.4. The van der Waals surface area contributed by atoms with Crippen LogP contribution >= 0.6 is 0 Å². The highest BCUT2D eigenvalue weighted by atomic mass is 19.2. The molecule has 0 amide bonds. The predicted octanol–water partition coefficient (Wildman–Crippen LogP) is 1.60. The Morgan fingerprint density at radius 1 is 1.53 bits per heavy atom. The molecule has 1 aromatic heterocycles. The zero-order valence-corrected chi connectivity index (χ0v) is 7.61. The summed E-state index contributed by atoms with van der Waals surface area (Å²) in [6.45, 7) is -1.40. The topological polar surface area (TPSA) is 55.1 Å². The molecule has 1 heterocycles. The average molecular weight is 222 g/mol. The minimum Gasteiger partial charge on any atom is -0.464 e. The van der Waals surface area contributed by atoms with Crippen molar-refractivity contribution in [2.45, 2.75) is 18.8 Å². The summed E-state index contributed by atoms with van der Waals surface area (Å²) in [4.78, 5) is 13.9. The van der Waals surface area contributed by atoms with Crippen molar-refractivity contribution in [3.63, 3.8) is 0 Å². The number of halogens is 3. The van der Waals surface area contributed by atoms with E-state index in [1.807, 2.05) is 0 Å². The van der Waals surface area contributed by atoms with Gasteiger partial charge in [0.05, 0.1) is 5.69 Å². The summed E-state index contributed by atoms with van der Waals surface area (Å²) in [5.74, 6) is 0. The fourth-order valence-electron chi connectivity index (χ4n) is 0.998. The van der Waals surface area contributed by atoms with Crippen LogP contribution in [-0.2, 0) is 6.42 Å². The highest BCUT2D eigenvalue weighted by Crippen LogP contribution is 2.11. The third-order valence-electron chi connectivity index (χ3n) is 1.80. The number of imidazole rings is 1. The first-order valence-corrected chi connectivity index (χ1v) is 4.15. The minimum absolute atomic E-state index is 0.0704. The Morgan fingerprint density at radius 3 is 2.67 bits per heavy atom. The van der Waals surface area contributed by atoms with Gasteiger partial charge >= 0.3 is 6.09 Å². The van der Waals surface area contributed by atoms with Crippen LogP contribution in [0.25, 0.3) is 0 Å². The van der Waals surface area contributed by atoms with Crippen molar-refractivity contribution in [3.8, 4) is 0 Å². The maximum Gasteiger partial charge on any atom is 0.416 e. The Labute approximate surface area is 83.3 Å². The fraction of sp³-hybridized carbons (Fsp3) is 0.500. The molecule has 84 valence electrons. The molecule has 0 aromatic carbocycles. The Bertz CT molecular complexity index is 342. The number of rotatable bonds is 4. The van der Waals surface area contributed by atoms with E-state index in [0.717, 1.165) is 12.5 Å². The highest BCUT2D eigenvalue weighted by molar-refractivity contribution is 5.67. The van der Waals surface area contributed by atoms with Gasteiger partial charge in [-0.2, -0.15) is 0 Å². The van der Waals surface area contributed by atoms with Crippen LogP contribution in [0.3, 0.4) is 0 Å². The number of aromatic nitrogens is 2. The number of nitrogens with zero attached hydrogens (tertiary/aromatic N) is 2. The number of carbonyl (C=O) groups is 1. The van der Waals surface area contributed by atoms with Gasteiger partial charge in [0.25, 0.3) is 0 Å². The summed E-state index contributed by atoms with van der Waals surface area (Å²) in [5.41, 5.74) is 0.0704. The van der Waals surface area contributed by atoms with Crippen LogP contribution in [0.15, 0.2) is 12.5 Å².